The molecule has 2 aromatic rings. The van der Waals surface area contributed by atoms with Gasteiger partial charge in [0.2, 0.25) is 0 Å². The molecule has 4 heterocycles. The summed E-state index contributed by atoms with van der Waals surface area (Å²) in [6.45, 7) is 5.85. The van der Waals surface area contributed by atoms with Crippen LogP contribution >= 0.6 is 15.9 Å². The number of nitrogens with zero attached hydrogens (tertiary/aromatic N) is 3. The second-order valence-corrected chi connectivity index (χ2v) is 7.75. The maximum atomic E-state index is 12.3. The third-order valence-electron chi connectivity index (χ3n) is 5.47. The first-order chi connectivity index (χ1) is 13.1. The first kappa shape index (κ1) is 18.5. The summed E-state index contributed by atoms with van der Waals surface area (Å²) in [5.41, 5.74) is 4.66. The van der Waals surface area contributed by atoms with Crippen molar-refractivity contribution in [2.75, 3.05) is 36.6 Å². The summed E-state index contributed by atoms with van der Waals surface area (Å²) < 4.78 is 7.26. The van der Waals surface area contributed by atoms with Gasteiger partial charge in [0, 0.05) is 43.3 Å². The molecule has 4 rings (SSSR count). The minimum atomic E-state index is -0.0861. The fourth-order valence-corrected chi connectivity index (χ4v) is 4.21. The summed E-state index contributed by atoms with van der Waals surface area (Å²) in [4.78, 5) is 19.3. The van der Waals surface area contributed by atoms with Crippen LogP contribution in [0.1, 0.15) is 18.9 Å². The van der Waals surface area contributed by atoms with Crippen LogP contribution in [-0.2, 0) is 10.1 Å². The molecule has 0 bridgehead atoms. The second kappa shape index (κ2) is 7.61. The molecule has 0 aromatic carbocycles. The molecule has 2 fully saturated rings. The van der Waals surface area contributed by atoms with Crippen molar-refractivity contribution in [2.45, 2.75) is 30.3 Å². The molecular formula is C19H24BrN5O2. The van der Waals surface area contributed by atoms with E-state index in [1.165, 1.54) is 4.68 Å². The van der Waals surface area contributed by atoms with Gasteiger partial charge in [-0.2, -0.15) is 0 Å². The SMILES string of the molecule is C[C@]1(C2CCO2)CNCCN1c1ccc(Nn2cccc(CBr)c2=O)nc1. The number of halogens is 1. The van der Waals surface area contributed by atoms with Crippen molar-refractivity contribution < 1.29 is 4.74 Å². The number of rotatable bonds is 5. The molecule has 0 aliphatic carbocycles. The van der Waals surface area contributed by atoms with E-state index in [1.54, 1.807) is 12.3 Å². The highest BCUT2D eigenvalue weighted by molar-refractivity contribution is 9.08. The summed E-state index contributed by atoms with van der Waals surface area (Å²) in [5.74, 6) is 0.629. The molecule has 2 aliphatic heterocycles. The third-order valence-corrected chi connectivity index (χ3v) is 6.07. The van der Waals surface area contributed by atoms with Crippen LogP contribution in [0.15, 0.2) is 41.5 Å². The number of ether oxygens (including phenoxy) is 1. The van der Waals surface area contributed by atoms with Gasteiger partial charge in [-0.3, -0.25) is 10.2 Å². The lowest BCUT2D eigenvalue weighted by Crippen LogP contribution is -2.68. The summed E-state index contributed by atoms with van der Waals surface area (Å²) in [6.07, 6.45) is 4.90. The van der Waals surface area contributed by atoms with E-state index in [1.807, 2.05) is 18.3 Å². The first-order valence-electron chi connectivity index (χ1n) is 9.21. The number of alkyl halides is 1. The number of anilines is 2. The van der Waals surface area contributed by atoms with Gasteiger partial charge in [-0.15, -0.1) is 0 Å². The van der Waals surface area contributed by atoms with E-state index in [0.29, 0.717) is 16.7 Å². The van der Waals surface area contributed by atoms with Crippen LogP contribution in [0, 0.1) is 0 Å². The van der Waals surface area contributed by atoms with Gasteiger partial charge in [0.1, 0.15) is 5.82 Å². The maximum absolute atomic E-state index is 12.3. The normalized spacial score (nSPS) is 25.1. The highest BCUT2D eigenvalue weighted by atomic mass is 79.9. The Morgan fingerprint density at radius 1 is 1.44 bits per heavy atom. The Morgan fingerprint density at radius 3 is 2.96 bits per heavy atom. The minimum Gasteiger partial charge on any atom is -0.376 e. The predicted octanol–water partition coefficient (Wildman–Crippen LogP) is 1.97. The van der Waals surface area contributed by atoms with Gasteiger partial charge in [-0.05, 0) is 31.5 Å². The zero-order chi connectivity index (χ0) is 18.9. The van der Waals surface area contributed by atoms with E-state index in [-0.39, 0.29) is 17.2 Å². The highest BCUT2D eigenvalue weighted by Crippen LogP contribution is 2.34. The molecule has 0 saturated carbocycles. The van der Waals surface area contributed by atoms with E-state index in [9.17, 15) is 4.79 Å². The van der Waals surface area contributed by atoms with Crippen molar-refractivity contribution >= 4 is 27.4 Å². The zero-order valence-electron chi connectivity index (χ0n) is 15.3. The van der Waals surface area contributed by atoms with Gasteiger partial charge in [0.25, 0.3) is 5.56 Å². The minimum absolute atomic E-state index is 0.0751. The van der Waals surface area contributed by atoms with Gasteiger partial charge in [0.05, 0.1) is 23.5 Å². The van der Waals surface area contributed by atoms with Crippen LogP contribution < -0.4 is 21.2 Å². The van der Waals surface area contributed by atoms with Crippen molar-refractivity contribution in [3.63, 3.8) is 0 Å². The van der Waals surface area contributed by atoms with Gasteiger partial charge in [-0.25, -0.2) is 9.66 Å². The molecule has 0 amide bonds. The van der Waals surface area contributed by atoms with Crippen LogP contribution in [0.25, 0.3) is 0 Å². The number of pyridine rings is 2. The molecule has 0 spiro atoms. The number of aromatic nitrogens is 2. The number of hydrogen-bond acceptors (Lipinski definition) is 6. The van der Waals surface area contributed by atoms with Crippen LogP contribution in [0.2, 0.25) is 0 Å². The Morgan fingerprint density at radius 2 is 2.30 bits per heavy atom. The number of hydrogen-bond donors (Lipinski definition) is 2. The van der Waals surface area contributed by atoms with Crippen molar-refractivity contribution in [3.05, 3.63) is 52.6 Å². The molecule has 7 nitrogen and oxygen atoms in total. The van der Waals surface area contributed by atoms with E-state index in [4.69, 9.17) is 4.74 Å². The van der Waals surface area contributed by atoms with Crippen molar-refractivity contribution in [1.82, 2.24) is 15.0 Å². The summed E-state index contributed by atoms with van der Waals surface area (Å²) >= 11 is 3.34. The van der Waals surface area contributed by atoms with E-state index >= 15 is 0 Å². The topological polar surface area (TPSA) is 71.4 Å². The lowest BCUT2D eigenvalue weighted by atomic mass is 9.85. The molecule has 144 valence electrons. The van der Waals surface area contributed by atoms with Gasteiger partial charge >= 0.3 is 0 Å². The van der Waals surface area contributed by atoms with Crippen molar-refractivity contribution in [2.24, 2.45) is 0 Å². The summed E-state index contributed by atoms with van der Waals surface area (Å²) in [6, 6.07) is 7.60. The molecule has 1 unspecified atom stereocenters. The van der Waals surface area contributed by atoms with Crippen LogP contribution in [0.5, 0.6) is 0 Å². The van der Waals surface area contributed by atoms with Crippen LogP contribution in [0.4, 0.5) is 11.5 Å². The molecule has 2 aliphatic rings. The molecular weight excluding hydrogens is 410 g/mol. The van der Waals surface area contributed by atoms with Crippen LogP contribution in [0.3, 0.4) is 0 Å². The van der Waals surface area contributed by atoms with E-state index in [0.717, 1.165) is 38.3 Å². The first-order valence-corrected chi connectivity index (χ1v) is 10.3. The Labute approximate surface area is 166 Å². The monoisotopic (exact) mass is 433 g/mol. The van der Waals surface area contributed by atoms with Gasteiger partial charge in [-0.1, -0.05) is 22.0 Å². The van der Waals surface area contributed by atoms with Gasteiger partial charge in [0.15, 0.2) is 0 Å². The van der Waals surface area contributed by atoms with E-state index < -0.39 is 0 Å². The molecule has 8 heteroatoms. The Hall–Kier alpha value is -1.90. The largest absolute Gasteiger partial charge is 0.376 e. The van der Waals surface area contributed by atoms with Crippen molar-refractivity contribution in [1.29, 1.82) is 0 Å². The summed E-state index contributed by atoms with van der Waals surface area (Å²) in [5, 5.41) is 4.01. The quantitative estimate of drug-likeness (QED) is 0.702. The highest BCUT2D eigenvalue weighted by Gasteiger charge is 2.45. The molecule has 2 saturated heterocycles. The number of piperazine rings is 1. The standard InChI is InChI=1S/C19H24BrN5O2/c1-19(16-6-10-27-16)13-21-7-9-24(19)15-4-5-17(22-12-15)23-25-8-2-3-14(11-20)18(25)26/h2-5,8,12,16,21H,6-7,9-11,13H2,1H3,(H,22,23)/t16?,19-/m1/s1. The van der Waals surface area contributed by atoms with Crippen molar-refractivity contribution in [3.8, 4) is 0 Å². The fourth-order valence-electron chi connectivity index (χ4n) is 3.78. The molecule has 2 N–H and O–H groups in total. The van der Waals surface area contributed by atoms with Crippen LogP contribution in [-0.4, -0.2) is 47.5 Å². The fraction of sp³-hybridized carbons (Fsp3) is 0.474. The van der Waals surface area contributed by atoms with E-state index in [2.05, 4.69) is 49.5 Å². The third kappa shape index (κ3) is 3.49. The Kier molecular flexibility index (Phi) is 5.21. The maximum Gasteiger partial charge on any atom is 0.273 e. The second-order valence-electron chi connectivity index (χ2n) is 7.19. The smallest absolute Gasteiger partial charge is 0.273 e. The molecule has 27 heavy (non-hydrogen) atoms. The number of nitrogens with one attached hydrogen (secondary N) is 2. The average molecular weight is 434 g/mol. The zero-order valence-corrected chi connectivity index (χ0v) is 16.9. The predicted molar refractivity (Wildman–Crippen MR) is 110 cm³/mol. The summed E-state index contributed by atoms with van der Waals surface area (Å²) in [7, 11) is 0. The average Bonchev–Trinajstić information content (AvgIpc) is 2.63. The molecule has 0 radical (unpaired) electrons. The Bertz CT molecular complexity index is 852. The Balaban J connectivity index is 1.54. The molecule has 2 aromatic heterocycles. The lowest BCUT2D eigenvalue weighted by Gasteiger charge is -2.53. The van der Waals surface area contributed by atoms with Gasteiger partial charge < -0.3 is 15.0 Å². The molecule has 2 atom stereocenters. The lowest BCUT2D eigenvalue weighted by molar-refractivity contribution is -0.0938.